The molecule has 3 heterocycles. The lowest BCUT2D eigenvalue weighted by Gasteiger charge is -2.26. The molecule has 0 spiro atoms. The Morgan fingerprint density at radius 3 is 3.04 bits per heavy atom. The second kappa shape index (κ2) is 7.86. The van der Waals surface area contributed by atoms with Crippen molar-refractivity contribution in [3.05, 3.63) is 40.5 Å². The number of nitrogen functional groups attached to an aromatic ring is 1. The Morgan fingerprint density at radius 1 is 1.35 bits per heavy atom. The predicted octanol–water partition coefficient (Wildman–Crippen LogP) is 2.61. The van der Waals surface area contributed by atoms with E-state index in [4.69, 9.17) is 5.73 Å². The summed E-state index contributed by atoms with van der Waals surface area (Å²) in [4.78, 5) is 15.1. The molecular formula is C17H25N5S. The molecule has 0 aromatic carbocycles. The highest BCUT2D eigenvalue weighted by Crippen LogP contribution is 2.20. The van der Waals surface area contributed by atoms with E-state index < -0.39 is 0 Å². The fraction of sp³-hybridized carbons (Fsp3) is 0.529. The summed E-state index contributed by atoms with van der Waals surface area (Å²) in [6.45, 7) is 4.20. The number of nitrogens with zero attached hydrogens (tertiary/aromatic N) is 4. The van der Waals surface area contributed by atoms with E-state index in [1.807, 2.05) is 11.3 Å². The highest BCUT2D eigenvalue weighted by atomic mass is 32.1. The third-order valence-electron chi connectivity index (χ3n) is 4.49. The lowest BCUT2D eigenvalue weighted by molar-refractivity contribution is 0.202. The van der Waals surface area contributed by atoms with Gasteiger partial charge in [0.05, 0.1) is 6.54 Å². The lowest BCUT2D eigenvalue weighted by Crippen LogP contribution is -2.33. The van der Waals surface area contributed by atoms with Gasteiger partial charge in [-0.2, -0.15) is 0 Å². The van der Waals surface area contributed by atoms with Crippen LogP contribution in [-0.2, 0) is 13.1 Å². The zero-order valence-electron chi connectivity index (χ0n) is 13.7. The molecule has 0 radical (unpaired) electrons. The number of nitrogens with two attached hydrogens (primary N) is 1. The van der Waals surface area contributed by atoms with Crippen LogP contribution in [0.1, 0.15) is 30.0 Å². The normalized spacial score (nSPS) is 19.8. The molecule has 0 saturated carbocycles. The van der Waals surface area contributed by atoms with Crippen molar-refractivity contribution in [2.75, 3.05) is 25.9 Å². The van der Waals surface area contributed by atoms with Crippen molar-refractivity contribution in [2.24, 2.45) is 0 Å². The zero-order valence-corrected chi connectivity index (χ0v) is 14.5. The molecule has 6 heteroatoms. The summed E-state index contributed by atoms with van der Waals surface area (Å²) in [5, 5.41) is 2.16. The summed E-state index contributed by atoms with van der Waals surface area (Å²) < 4.78 is 0. The van der Waals surface area contributed by atoms with Gasteiger partial charge in [-0.1, -0.05) is 6.07 Å². The third-order valence-corrected chi connectivity index (χ3v) is 5.35. The highest BCUT2D eigenvalue weighted by Gasteiger charge is 2.21. The number of likely N-dealkylation sites (tertiary alicyclic amines) is 1. The van der Waals surface area contributed by atoms with Crippen molar-refractivity contribution >= 4 is 17.2 Å². The molecule has 2 aromatic heterocycles. The molecule has 1 aliphatic heterocycles. The second-order valence-corrected chi connectivity index (χ2v) is 7.29. The number of hydrogen-bond donors (Lipinski definition) is 1. The molecular weight excluding hydrogens is 306 g/mol. The van der Waals surface area contributed by atoms with Crippen LogP contribution in [-0.4, -0.2) is 45.9 Å². The summed E-state index contributed by atoms with van der Waals surface area (Å²) in [6, 6.07) is 6.70. The van der Waals surface area contributed by atoms with Gasteiger partial charge in [0.1, 0.15) is 11.6 Å². The highest BCUT2D eigenvalue weighted by molar-refractivity contribution is 7.09. The first kappa shape index (κ1) is 16.4. The van der Waals surface area contributed by atoms with Gasteiger partial charge in [-0.05, 0) is 50.4 Å². The average Bonchev–Trinajstić information content (AvgIpc) is 2.91. The van der Waals surface area contributed by atoms with Crippen LogP contribution in [0, 0.1) is 0 Å². The van der Waals surface area contributed by atoms with Crippen LogP contribution >= 0.6 is 11.3 Å². The predicted molar refractivity (Wildman–Crippen MR) is 95.1 cm³/mol. The smallest absolute Gasteiger partial charge is 0.144 e. The van der Waals surface area contributed by atoms with E-state index in [1.54, 1.807) is 12.3 Å². The molecule has 2 N–H and O–H groups in total. The van der Waals surface area contributed by atoms with E-state index in [2.05, 4.69) is 44.3 Å². The first-order valence-corrected chi connectivity index (χ1v) is 9.11. The Kier molecular flexibility index (Phi) is 5.59. The molecule has 3 rings (SSSR count). The monoisotopic (exact) mass is 331 g/mol. The molecule has 0 unspecified atom stereocenters. The largest absolute Gasteiger partial charge is 0.384 e. The summed E-state index contributed by atoms with van der Waals surface area (Å²) in [6.07, 6.45) is 5.42. The molecule has 1 fully saturated rings. The molecule has 1 aliphatic rings. The third kappa shape index (κ3) is 4.73. The topological polar surface area (TPSA) is 58.3 Å². The minimum Gasteiger partial charge on any atom is -0.384 e. The van der Waals surface area contributed by atoms with Crippen LogP contribution in [0.2, 0.25) is 0 Å². The minimum absolute atomic E-state index is 0.548. The average molecular weight is 331 g/mol. The Morgan fingerprint density at radius 2 is 2.26 bits per heavy atom. The minimum atomic E-state index is 0.548. The fourth-order valence-corrected chi connectivity index (χ4v) is 3.95. The van der Waals surface area contributed by atoms with Gasteiger partial charge in [0.25, 0.3) is 0 Å². The summed E-state index contributed by atoms with van der Waals surface area (Å²) >= 11 is 1.85. The molecule has 0 bridgehead atoms. The summed E-state index contributed by atoms with van der Waals surface area (Å²) in [5.74, 6) is 1.36. The van der Waals surface area contributed by atoms with Crippen LogP contribution in [0.3, 0.4) is 0 Å². The zero-order chi connectivity index (χ0) is 16.1. The molecule has 1 atom stereocenters. The molecule has 5 nitrogen and oxygen atoms in total. The van der Waals surface area contributed by atoms with Crippen LogP contribution in [0.15, 0.2) is 29.8 Å². The molecule has 23 heavy (non-hydrogen) atoms. The quantitative estimate of drug-likeness (QED) is 0.912. The molecule has 2 aromatic rings. The van der Waals surface area contributed by atoms with Gasteiger partial charge >= 0.3 is 0 Å². The number of hydrogen-bond acceptors (Lipinski definition) is 6. The van der Waals surface area contributed by atoms with Crippen LogP contribution < -0.4 is 5.73 Å². The van der Waals surface area contributed by atoms with E-state index >= 15 is 0 Å². The Labute approximate surface area is 142 Å². The number of aromatic nitrogens is 2. The maximum absolute atomic E-state index is 5.75. The van der Waals surface area contributed by atoms with E-state index in [0.29, 0.717) is 11.9 Å². The lowest BCUT2D eigenvalue weighted by atomic mass is 10.1. The van der Waals surface area contributed by atoms with Crippen LogP contribution in [0.25, 0.3) is 0 Å². The second-order valence-electron chi connectivity index (χ2n) is 6.25. The van der Waals surface area contributed by atoms with Crippen molar-refractivity contribution in [3.63, 3.8) is 0 Å². The molecule has 124 valence electrons. The van der Waals surface area contributed by atoms with Crippen molar-refractivity contribution in [1.82, 2.24) is 19.8 Å². The standard InChI is InChI=1S/C17H25N5S/c1-21(13-17-19-8-6-16(18)20-17)14-4-2-9-22(10-7-14)12-15-5-3-11-23-15/h3,5-6,8,11,14H,2,4,7,9-10,12-13H2,1H3,(H2,18,19,20)/t14-/m1/s1. The van der Waals surface area contributed by atoms with Crippen molar-refractivity contribution in [1.29, 1.82) is 0 Å². The summed E-state index contributed by atoms with van der Waals surface area (Å²) in [7, 11) is 2.17. The van der Waals surface area contributed by atoms with Gasteiger partial charge in [-0.3, -0.25) is 9.80 Å². The van der Waals surface area contributed by atoms with Gasteiger partial charge in [0, 0.05) is 30.2 Å². The van der Waals surface area contributed by atoms with Crippen LogP contribution in [0.4, 0.5) is 5.82 Å². The van der Waals surface area contributed by atoms with Gasteiger partial charge in [0.2, 0.25) is 0 Å². The maximum atomic E-state index is 5.75. The molecule has 0 aliphatic carbocycles. The molecule has 0 amide bonds. The Balaban J connectivity index is 1.52. The van der Waals surface area contributed by atoms with Gasteiger partial charge in [0.15, 0.2) is 0 Å². The fourth-order valence-electron chi connectivity index (χ4n) is 3.20. The van der Waals surface area contributed by atoms with Crippen molar-refractivity contribution < 1.29 is 0 Å². The van der Waals surface area contributed by atoms with Gasteiger partial charge in [-0.15, -0.1) is 11.3 Å². The van der Waals surface area contributed by atoms with E-state index in [1.165, 1.54) is 30.7 Å². The van der Waals surface area contributed by atoms with E-state index in [-0.39, 0.29) is 0 Å². The first-order valence-electron chi connectivity index (χ1n) is 8.23. The SMILES string of the molecule is CN(Cc1nccc(N)n1)[C@@H]1CCCN(Cc2cccs2)CC1. The van der Waals surface area contributed by atoms with Crippen molar-refractivity contribution in [2.45, 2.75) is 38.4 Å². The van der Waals surface area contributed by atoms with Gasteiger partial charge < -0.3 is 5.73 Å². The van der Waals surface area contributed by atoms with Crippen LogP contribution in [0.5, 0.6) is 0 Å². The number of rotatable bonds is 5. The number of thiophene rings is 1. The Hall–Kier alpha value is -1.50. The van der Waals surface area contributed by atoms with E-state index in [9.17, 15) is 0 Å². The Bertz CT molecular complexity index is 601. The summed E-state index contributed by atoms with van der Waals surface area (Å²) in [5.41, 5.74) is 5.75. The van der Waals surface area contributed by atoms with Gasteiger partial charge in [-0.25, -0.2) is 9.97 Å². The van der Waals surface area contributed by atoms with E-state index in [0.717, 1.165) is 25.5 Å². The first-order chi connectivity index (χ1) is 11.2. The maximum Gasteiger partial charge on any atom is 0.144 e. The van der Waals surface area contributed by atoms with Crippen molar-refractivity contribution in [3.8, 4) is 0 Å². The number of anilines is 1. The molecule has 1 saturated heterocycles.